The summed E-state index contributed by atoms with van der Waals surface area (Å²) < 4.78 is 1.76. The number of hydrogen-bond acceptors (Lipinski definition) is 3. The quantitative estimate of drug-likeness (QED) is 0.807. The van der Waals surface area contributed by atoms with E-state index in [2.05, 4.69) is 47.5 Å². The molecule has 0 saturated carbocycles. The molecular formula is C14H13Br2N3O. The molecule has 0 aliphatic rings. The van der Waals surface area contributed by atoms with Gasteiger partial charge in [-0.3, -0.25) is 4.79 Å². The maximum atomic E-state index is 12.1. The minimum Gasteiger partial charge on any atom is -0.370 e. The van der Waals surface area contributed by atoms with E-state index >= 15 is 0 Å². The van der Waals surface area contributed by atoms with Crippen molar-refractivity contribution < 1.29 is 4.79 Å². The van der Waals surface area contributed by atoms with Gasteiger partial charge in [0.2, 0.25) is 0 Å². The number of rotatable bonds is 4. The highest BCUT2D eigenvalue weighted by Gasteiger charge is 2.09. The van der Waals surface area contributed by atoms with Gasteiger partial charge in [0.1, 0.15) is 5.82 Å². The molecule has 2 N–H and O–H groups in total. The molecule has 20 heavy (non-hydrogen) atoms. The Balaban J connectivity index is 2.11. The number of anilines is 2. The minimum absolute atomic E-state index is 0.191. The summed E-state index contributed by atoms with van der Waals surface area (Å²) in [6, 6.07) is 9.10. The SMILES string of the molecule is CCNc1ccc(C(=O)Nc2ccc(Br)cc2Br)cn1. The summed E-state index contributed by atoms with van der Waals surface area (Å²) in [5.74, 6) is 0.567. The van der Waals surface area contributed by atoms with E-state index in [-0.39, 0.29) is 5.91 Å². The van der Waals surface area contributed by atoms with Crippen LogP contribution in [0.1, 0.15) is 17.3 Å². The van der Waals surface area contributed by atoms with E-state index in [1.54, 1.807) is 18.3 Å². The molecule has 1 amide bonds. The summed E-state index contributed by atoms with van der Waals surface area (Å²) >= 11 is 6.78. The molecule has 0 unspecified atom stereocenters. The van der Waals surface area contributed by atoms with Gasteiger partial charge >= 0.3 is 0 Å². The Labute approximate surface area is 134 Å². The lowest BCUT2D eigenvalue weighted by Gasteiger charge is -2.08. The van der Waals surface area contributed by atoms with E-state index in [4.69, 9.17) is 0 Å². The number of pyridine rings is 1. The highest BCUT2D eigenvalue weighted by atomic mass is 79.9. The van der Waals surface area contributed by atoms with Crippen LogP contribution in [0.5, 0.6) is 0 Å². The van der Waals surface area contributed by atoms with Gasteiger partial charge in [0.15, 0.2) is 0 Å². The molecule has 0 saturated heterocycles. The van der Waals surface area contributed by atoms with E-state index in [1.165, 1.54) is 0 Å². The first-order valence-corrected chi connectivity index (χ1v) is 7.65. The fourth-order valence-electron chi connectivity index (χ4n) is 1.60. The second-order valence-electron chi connectivity index (χ2n) is 4.04. The number of carbonyl (C=O) groups is 1. The third kappa shape index (κ3) is 3.80. The van der Waals surface area contributed by atoms with Crippen LogP contribution >= 0.6 is 31.9 Å². The third-order valence-corrected chi connectivity index (χ3v) is 3.71. The number of halogens is 2. The fourth-order valence-corrected chi connectivity index (χ4v) is 2.75. The van der Waals surface area contributed by atoms with Gasteiger partial charge in [0.05, 0.1) is 11.3 Å². The largest absolute Gasteiger partial charge is 0.370 e. The number of benzene rings is 1. The summed E-state index contributed by atoms with van der Waals surface area (Å²) in [4.78, 5) is 16.3. The van der Waals surface area contributed by atoms with Crippen LogP contribution in [-0.2, 0) is 0 Å². The lowest BCUT2D eigenvalue weighted by molar-refractivity contribution is 0.102. The minimum atomic E-state index is -0.191. The Morgan fingerprint density at radius 1 is 1.25 bits per heavy atom. The van der Waals surface area contributed by atoms with Crippen molar-refractivity contribution in [2.75, 3.05) is 17.2 Å². The number of amides is 1. The molecule has 6 heteroatoms. The highest BCUT2D eigenvalue weighted by Crippen LogP contribution is 2.26. The lowest BCUT2D eigenvalue weighted by atomic mass is 10.2. The van der Waals surface area contributed by atoms with Crippen LogP contribution < -0.4 is 10.6 Å². The van der Waals surface area contributed by atoms with Gasteiger partial charge < -0.3 is 10.6 Å². The Morgan fingerprint density at radius 3 is 2.65 bits per heavy atom. The maximum absolute atomic E-state index is 12.1. The first-order valence-electron chi connectivity index (χ1n) is 6.06. The summed E-state index contributed by atoms with van der Waals surface area (Å²) in [6.45, 7) is 2.79. The molecule has 0 radical (unpaired) electrons. The molecule has 0 atom stereocenters. The number of nitrogens with zero attached hydrogens (tertiary/aromatic N) is 1. The zero-order valence-electron chi connectivity index (χ0n) is 10.8. The Bertz CT molecular complexity index is 614. The van der Waals surface area contributed by atoms with Gasteiger partial charge in [0.25, 0.3) is 5.91 Å². The molecule has 1 aromatic carbocycles. The van der Waals surface area contributed by atoms with Crippen LogP contribution in [0.2, 0.25) is 0 Å². The second-order valence-corrected chi connectivity index (χ2v) is 5.81. The standard InChI is InChI=1S/C14H13Br2N3O/c1-2-17-13-6-3-9(8-18-13)14(20)19-12-5-4-10(15)7-11(12)16/h3-8H,2H2,1H3,(H,17,18)(H,19,20). The van der Waals surface area contributed by atoms with Crippen LogP contribution in [0.15, 0.2) is 45.5 Å². The highest BCUT2D eigenvalue weighted by molar-refractivity contribution is 9.11. The normalized spacial score (nSPS) is 10.2. The molecule has 1 aromatic heterocycles. The van der Waals surface area contributed by atoms with Gasteiger partial charge in [-0.2, -0.15) is 0 Å². The molecule has 104 valence electrons. The molecule has 0 spiro atoms. The topological polar surface area (TPSA) is 54.0 Å². The average Bonchev–Trinajstić information content (AvgIpc) is 2.43. The second kappa shape index (κ2) is 6.85. The zero-order chi connectivity index (χ0) is 14.5. The molecular weight excluding hydrogens is 386 g/mol. The van der Waals surface area contributed by atoms with Gasteiger partial charge in [-0.05, 0) is 53.2 Å². The van der Waals surface area contributed by atoms with Crippen molar-refractivity contribution in [2.45, 2.75) is 6.92 Å². The van der Waals surface area contributed by atoms with Gasteiger partial charge in [0, 0.05) is 21.7 Å². The third-order valence-electron chi connectivity index (χ3n) is 2.56. The van der Waals surface area contributed by atoms with Crippen LogP contribution in [-0.4, -0.2) is 17.4 Å². The Hall–Kier alpha value is -1.40. The van der Waals surface area contributed by atoms with Gasteiger partial charge in [-0.25, -0.2) is 4.98 Å². The van der Waals surface area contributed by atoms with Crippen molar-refractivity contribution in [3.8, 4) is 0 Å². The molecule has 0 fully saturated rings. The van der Waals surface area contributed by atoms with E-state index in [9.17, 15) is 4.79 Å². The van der Waals surface area contributed by atoms with Crippen molar-refractivity contribution in [3.63, 3.8) is 0 Å². The average molecular weight is 399 g/mol. The van der Waals surface area contributed by atoms with Crippen LogP contribution in [0.25, 0.3) is 0 Å². The van der Waals surface area contributed by atoms with Crippen LogP contribution in [0.3, 0.4) is 0 Å². The monoisotopic (exact) mass is 397 g/mol. The van der Waals surface area contributed by atoms with Gasteiger partial charge in [-0.1, -0.05) is 15.9 Å². The summed E-state index contributed by atoms with van der Waals surface area (Å²) in [5.41, 5.74) is 1.23. The van der Waals surface area contributed by atoms with Crippen molar-refractivity contribution in [3.05, 3.63) is 51.0 Å². The smallest absolute Gasteiger partial charge is 0.257 e. The van der Waals surface area contributed by atoms with Crippen molar-refractivity contribution in [2.24, 2.45) is 0 Å². The zero-order valence-corrected chi connectivity index (χ0v) is 14.0. The molecule has 2 aromatic rings. The summed E-state index contributed by atoms with van der Waals surface area (Å²) in [6.07, 6.45) is 1.56. The van der Waals surface area contributed by atoms with E-state index in [0.717, 1.165) is 21.3 Å². The molecule has 2 rings (SSSR count). The molecule has 0 aliphatic heterocycles. The first kappa shape index (κ1) is 15.0. The van der Waals surface area contributed by atoms with Gasteiger partial charge in [-0.15, -0.1) is 0 Å². The number of nitrogens with one attached hydrogen (secondary N) is 2. The summed E-state index contributed by atoms with van der Waals surface area (Å²) in [7, 11) is 0. The van der Waals surface area contributed by atoms with Crippen molar-refractivity contribution >= 4 is 49.3 Å². The van der Waals surface area contributed by atoms with Crippen molar-refractivity contribution in [1.82, 2.24) is 4.98 Å². The van der Waals surface area contributed by atoms with E-state index in [1.807, 2.05) is 25.1 Å². The summed E-state index contributed by atoms with van der Waals surface area (Å²) in [5, 5.41) is 5.92. The number of aromatic nitrogens is 1. The first-order chi connectivity index (χ1) is 9.60. The van der Waals surface area contributed by atoms with Crippen LogP contribution in [0, 0.1) is 0 Å². The predicted octanol–water partition coefficient (Wildman–Crippen LogP) is 4.29. The van der Waals surface area contributed by atoms with Crippen LogP contribution in [0.4, 0.5) is 11.5 Å². The Morgan fingerprint density at radius 2 is 2.05 bits per heavy atom. The lowest BCUT2D eigenvalue weighted by Crippen LogP contribution is -2.13. The fraction of sp³-hybridized carbons (Fsp3) is 0.143. The van der Waals surface area contributed by atoms with Crippen molar-refractivity contribution in [1.29, 1.82) is 0 Å². The van der Waals surface area contributed by atoms with E-state index < -0.39 is 0 Å². The Kier molecular flexibility index (Phi) is 5.14. The number of hydrogen-bond donors (Lipinski definition) is 2. The maximum Gasteiger partial charge on any atom is 0.257 e. The molecule has 1 heterocycles. The molecule has 0 bridgehead atoms. The predicted molar refractivity (Wildman–Crippen MR) is 88.2 cm³/mol. The molecule has 4 nitrogen and oxygen atoms in total. The molecule has 0 aliphatic carbocycles. The number of carbonyl (C=O) groups excluding carboxylic acids is 1. The van der Waals surface area contributed by atoms with E-state index in [0.29, 0.717) is 11.3 Å².